The number of amides is 1. The Morgan fingerprint density at radius 1 is 1.21 bits per heavy atom. The summed E-state index contributed by atoms with van der Waals surface area (Å²) in [4.78, 5) is 23.9. The normalized spacial score (nSPS) is 15.4. The van der Waals surface area contributed by atoms with Crippen LogP contribution < -0.4 is 10.2 Å². The third kappa shape index (κ3) is 3.34. The molecule has 1 aromatic heterocycles. The van der Waals surface area contributed by atoms with Gasteiger partial charge in [-0.2, -0.15) is 0 Å². The van der Waals surface area contributed by atoms with Crippen LogP contribution in [-0.4, -0.2) is 21.9 Å². The lowest BCUT2D eigenvalue weighted by Gasteiger charge is -2.22. The number of anilines is 3. The molecular weight excluding hydrogens is 372 g/mol. The van der Waals surface area contributed by atoms with E-state index in [0.717, 1.165) is 23.2 Å². The molecule has 1 atom stereocenters. The van der Waals surface area contributed by atoms with Crippen LogP contribution in [0.2, 0.25) is 5.02 Å². The molecular formula is C22H21ClN4O. The van der Waals surface area contributed by atoms with Crippen molar-refractivity contribution in [3.8, 4) is 0 Å². The fourth-order valence-corrected chi connectivity index (χ4v) is 4.08. The van der Waals surface area contributed by atoms with Crippen LogP contribution in [0.4, 0.5) is 17.3 Å². The van der Waals surface area contributed by atoms with Gasteiger partial charge in [-0.25, -0.2) is 9.97 Å². The maximum atomic E-state index is 12.8. The standard InChI is InChI=1S/C22H21ClN4O/c1-13-10-14(2)20(17(23)11-13)26-21(28)18-8-9-24-22(25-18)27-15(3)12-16-6-4-5-7-19(16)27/h4-11,15H,12H2,1-3H3,(H,26,28). The summed E-state index contributed by atoms with van der Waals surface area (Å²) in [5.41, 5.74) is 5.22. The van der Waals surface area contributed by atoms with Gasteiger partial charge in [0.25, 0.3) is 5.91 Å². The van der Waals surface area contributed by atoms with Gasteiger partial charge in [-0.05, 0) is 62.1 Å². The molecule has 0 spiro atoms. The fraction of sp³-hybridized carbons (Fsp3) is 0.227. The molecule has 1 amide bonds. The quantitative estimate of drug-likeness (QED) is 0.675. The predicted molar refractivity (Wildman–Crippen MR) is 113 cm³/mol. The Kier molecular flexibility index (Phi) is 4.77. The van der Waals surface area contributed by atoms with Crippen LogP contribution >= 0.6 is 11.6 Å². The van der Waals surface area contributed by atoms with Gasteiger partial charge in [-0.15, -0.1) is 0 Å². The number of benzene rings is 2. The molecule has 0 saturated carbocycles. The molecule has 0 aliphatic carbocycles. The number of carbonyl (C=O) groups is 1. The van der Waals surface area contributed by atoms with Crippen LogP contribution in [0.25, 0.3) is 0 Å². The Morgan fingerprint density at radius 2 is 2.00 bits per heavy atom. The van der Waals surface area contributed by atoms with E-state index in [9.17, 15) is 4.79 Å². The lowest BCUT2D eigenvalue weighted by atomic mass is 10.1. The number of hydrogen-bond donors (Lipinski definition) is 1. The maximum absolute atomic E-state index is 12.8. The van der Waals surface area contributed by atoms with Crippen LogP contribution in [0.5, 0.6) is 0 Å². The van der Waals surface area contributed by atoms with E-state index in [1.165, 1.54) is 5.56 Å². The number of fused-ring (bicyclic) bond motifs is 1. The SMILES string of the molecule is Cc1cc(C)c(NC(=O)c2ccnc(N3c4ccccc4CC3C)n2)c(Cl)c1. The summed E-state index contributed by atoms with van der Waals surface area (Å²) in [5, 5.41) is 3.41. The number of rotatable bonds is 3. The summed E-state index contributed by atoms with van der Waals surface area (Å²) in [5.74, 6) is 0.217. The van der Waals surface area contributed by atoms with E-state index < -0.39 is 0 Å². The van der Waals surface area contributed by atoms with E-state index in [1.54, 1.807) is 12.3 Å². The van der Waals surface area contributed by atoms with E-state index >= 15 is 0 Å². The molecule has 6 heteroatoms. The zero-order valence-corrected chi connectivity index (χ0v) is 16.8. The van der Waals surface area contributed by atoms with Crippen LogP contribution in [-0.2, 0) is 6.42 Å². The second kappa shape index (κ2) is 7.24. The minimum Gasteiger partial charge on any atom is -0.319 e. The zero-order valence-electron chi connectivity index (χ0n) is 16.0. The van der Waals surface area contributed by atoms with Gasteiger partial charge in [0.2, 0.25) is 5.95 Å². The van der Waals surface area contributed by atoms with Crippen LogP contribution in [0.15, 0.2) is 48.7 Å². The number of aromatic nitrogens is 2. The van der Waals surface area contributed by atoms with Crippen molar-refractivity contribution in [3.63, 3.8) is 0 Å². The first-order valence-electron chi connectivity index (χ1n) is 9.22. The van der Waals surface area contributed by atoms with Gasteiger partial charge in [0.15, 0.2) is 0 Å². The molecule has 5 nitrogen and oxygen atoms in total. The first-order valence-corrected chi connectivity index (χ1v) is 9.60. The Bertz CT molecular complexity index is 1040. The molecule has 1 N–H and O–H groups in total. The highest BCUT2D eigenvalue weighted by atomic mass is 35.5. The zero-order chi connectivity index (χ0) is 19.8. The molecule has 2 aromatic carbocycles. The molecule has 0 bridgehead atoms. The number of aryl methyl sites for hydroxylation is 2. The third-order valence-corrected chi connectivity index (χ3v) is 5.27. The van der Waals surface area contributed by atoms with Crippen LogP contribution in [0.1, 0.15) is 34.1 Å². The van der Waals surface area contributed by atoms with Crippen molar-refractivity contribution < 1.29 is 4.79 Å². The summed E-state index contributed by atoms with van der Waals surface area (Å²) < 4.78 is 0. The number of hydrogen-bond acceptors (Lipinski definition) is 4. The van der Waals surface area contributed by atoms with E-state index in [1.807, 2.05) is 38.1 Å². The molecule has 4 rings (SSSR count). The minimum atomic E-state index is -0.308. The molecule has 3 aromatic rings. The minimum absolute atomic E-state index is 0.226. The highest BCUT2D eigenvalue weighted by Crippen LogP contribution is 2.36. The molecule has 1 aliphatic heterocycles. The molecule has 0 fully saturated rings. The van der Waals surface area contributed by atoms with Gasteiger partial charge in [-0.3, -0.25) is 4.79 Å². The van der Waals surface area contributed by atoms with E-state index in [0.29, 0.717) is 22.4 Å². The Morgan fingerprint density at radius 3 is 2.79 bits per heavy atom. The van der Waals surface area contributed by atoms with E-state index in [4.69, 9.17) is 11.6 Å². The Balaban J connectivity index is 1.64. The van der Waals surface area contributed by atoms with Crippen molar-refractivity contribution in [2.75, 3.05) is 10.2 Å². The molecule has 0 radical (unpaired) electrons. The number of nitrogens with zero attached hydrogens (tertiary/aromatic N) is 3. The average molecular weight is 393 g/mol. The van der Waals surface area contributed by atoms with Gasteiger partial charge in [0.05, 0.1) is 10.7 Å². The first kappa shape index (κ1) is 18.4. The van der Waals surface area contributed by atoms with E-state index in [2.05, 4.69) is 39.2 Å². The summed E-state index contributed by atoms with van der Waals surface area (Å²) in [6.07, 6.45) is 2.54. The molecule has 1 unspecified atom stereocenters. The number of nitrogens with one attached hydrogen (secondary N) is 1. The highest BCUT2D eigenvalue weighted by Gasteiger charge is 2.29. The third-order valence-electron chi connectivity index (χ3n) is 4.97. The fourth-order valence-electron chi connectivity index (χ4n) is 3.71. The largest absolute Gasteiger partial charge is 0.319 e. The molecule has 142 valence electrons. The van der Waals surface area contributed by atoms with Crippen molar-refractivity contribution in [2.45, 2.75) is 33.2 Å². The van der Waals surface area contributed by atoms with Crippen LogP contribution in [0, 0.1) is 13.8 Å². The first-order chi connectivity index (χ1) is 13.4. The second-order valence-corrected chi connectivity index (χ2v) is 7.59. The summed E-state index contributed by atoms with van der Waals surface area (Å²) in [6, 6.07) is 13.9. The molecule has 0 saturated heterocycles. The Labute approximate surface area is 169 Å². The van der Waals surface area contributed by atoms with Crippen molar-refractivity contribution >= 4 is 34.8 Å². The van der Waals surface area contributed by atoms with E-state index in [-0.39, 0.29) is 11.9 Å². The smallest absolute Gasteiger partial charge is 0.274 e. The lowest BCUT2D eigenvalue weighted by Crippen LogP contribution is -2.27. The predicted octanol–water partition coefficient (Wildman–Crippen LogP) is 5.08. The number of halogens is 1. The van der Waals surface area contributed by atoms with Crippen molar-refractivity contribution in [1.82, 2.24) is 9.97 Å². The highest BCUT2D eigenvalue weighted by molar-refractivity contribution is 6.34. The van der Waals surface area contributed by atoms with Crippen molar-refractivity contribution in [2.24, 2.45) is 0 Å². The molecule has 2 heterocycles. The van der Waals surface area contributed by atoms with Gasteiger partial charge in [-0.1, -0.05) is 35.9 Å². The number of carbonyl (C=O) groups excluding carboxylic acids is 1. The monoisotopic (exact) mass is 392 g/mol. The second-order valence-electron chi connectivity index (χ2n) is 7.19. The summed E-state index contributed by atoms with van der Waals surface area (Å²) >= 11 is 6.32. The summed E-state index contributed by atoms with van der Waals surface area (Å²) in [7, 11) is 0. The van der Waals surface area contributed by atoms with Gasteiger partial charge in [0.1, 0.15) is 5.69 Å². The average Bonchev–Trinajstić information content (AvgIpc) is 3.00. The lowest BCUT2D eigenvalue weighted by molar-refractivity contribution is 0.102. The van der Waals surface area contributed by atoms with Gasteiger partial charge in [0, 0.05) is 17.9 Å². The Hall–Kier alpha value is -2.92. The summed E-state index contributed by atoms with van der Waals surface area (Å²) in [6.45, 7) is 6.02. The molecule has 1 aliphatic rings. The maximum Gasteiger partial charge on any atom is 0.274 e. The number of para-hydroxylation sites is 1. The molecule has 28 heavy (non-hydrogen) atoms. The van der Waals surface area contributed by atoms with Crippen molar-refractivity contribution in [3.05, 3.63) is 76.1 Å². The van der Waals surface area contributed by atoms with Crippen molar-refractivity contribution in [1.29, 1.82) is 0 Å². The van der Waals surface area contributed by atoms with Crippen LogP contribution in [0.3, 0.4) is 0 Å². The van der Waals surface area contributed by atoms with Gasteiger partial charge < -0.3 is 10.2 Å². The van der Waals surface area contributed by atoms with Gasteiger partial charge >= 0.3 is 0 Å². The topological polar surface area (TPSA) is 58.1 Å².